The summed E-state index contributed by atoms with van der Waals surface area (Å²) in [7, 11) is -0.810. The van der Waals surface area contributed by atoms with Crippen LogP contribution >= 0.6 is 0 Å². The molecule has 2 rings (SSSR count). The van der Waals surface area contributed by atoms with Crippen molar-refractivity contribution in [1.82, 2.24) is 0 Å². The fourth-order valence-electron chi connectivity index (χ4n) is 1.91. The molecule has 94 valence electrons. The van der Waals surface area contributed by atoms with Crippen molar-refractivity contribution in [2.24, 2.45) is 0 Å². The molecule has 17 heavy (non-hydrogen) atoms. The summed E-state index contributed by atoms with van der Waals surface area (Å²) in [6, 6.07) is 4.55. The predicted molar refractivity (Wildman–Crippen MR) is 65.9 cm³/mol. The highest BCUT2D eigenvalue weighted by Gasteiger charge is 2.21. The minimum Gasteiger partial charge on any atom is -0.399 e. The van der Waals surface area contributed by atoms with Crippen LogP contribution < -0.4 is 10.6 Å². The summed E-state index contributed by atoms with van der Waals surface area (Å²) in [5.74, 6) is 1.07. The Bertz CT molecular complexity index is 429. The van der Waals surface area contributed by atoms with E-state index in [1.165, 1.54) is 6.07 Å². The Morgan fingerprint density at radius 2 is 1.94 bits per heavy atom. The highest BCUT2D eigenvalue weighted by molar-refractivity contribution is 7.85. The summed E-state index contributed by atoms with van der Waals surface area (Å²) < 4.78 is 37.0. The van der Waals surface area contributed by atoms with E-state index in [0.717, 1.165) is 0 Å². The molecule has 1 saturated heterocycles. The van der Waals surface area contributed by atoms with E-state index in [1.54, 1.807) is 12.1 Å². The zero-order valence-electron chi connectivity index (χ0n) is 9.23. The van der Waals surface area contributed by atoms with Crippen molar-refractivity contribution in [3.05, 3.63) is 23.8 Å². The first-order valence-corrected chi connectivity index (χ1v) is 6.84. The first kappa shape index (κ1) is 12.3. The van der Waals surface area contributed by atoms with Crippen LogP contribution in [0, 0.1) is 0 Å². The molecule has 0 aromatic heterocycles. The van der Waals surface area contributed by atoms with Crippen molar-refractivity contribution >= 4 is 22.2 Å². The van der Waals surface area contributed by atoms with Crippen LogP contribution in [0.3, 0.4) is 0 Å². The molecule has 1 fully saturated rings. The SMILES string of the molecule is Nc1ccc(N2CCS(=O)CC2)c(C(F)F)c1. The molecule has 0 aliphatic carbocycles. The number of anilines is 2. The third-order valence-corrected chi connectivity index (χ3v) is 4.08. The molecule has 0 unspecified atom stereocenters. The lowest BCUT2D eigenvalue weighted by Crippen LogP contribution is -2.38. The largest absolute Gasteiger partial charge is 0.399 e. The highest BCUT2D eigenvalue weighted by atomic mass is 32.2. The average Bonchev–Trinajstić information content (AvgIpc) is 2.30. The number of benzene rings is 1. The smallest absolute Gasteiger partial charge is 0.265 e. The fraction of sp³-hybridized carbons (Fsp3) is 0.455. The molecule has 1 heterocycles. The van der Waals surface area contributed by atoms with Crippen LogP contribution in [0.25, 0.3) is 0 Å². The Morgan fingerprint density at radius 1 is 1.29 bits per heavy atom. The van der Waals surface area contributed by atoms with Gasteiger partial charge in [-0.25, -0.2) is 8.78 Å². The van der Waals surface area contributed by atoms with Crippen molar-refractivity contribution in [3.63, 3.8) is 0 Å². The van der Waals surface area contributed by atoms with Crippen LogP contribution in [-0.4, -0.2) is 28.8 Å². The summed E-state index contributed by atoms with van der Waals surface area (Å²) in [5.41, 5.74) is 6.32. The van der Waals surface area contributed by atoms with Gasteiger partial charge in [0, 0.05) is 52.3 Å². The molecule has 1 aliphatic rings. The first-order valence-electron chi connectivity index (χ1n) is 5.35. The minimum absolute atomic E-state index is 0.0438. The molecule has 1 aliphatic heterocycles. The average molecular weight is 260 g/mol. The van der Waals surface area contributed by atoms with Crippen molar-refractivity contribution < 1.29 is 13.0 Å². The van der Waals surface area contributed by atoms with E-state index in [1.807, 2.05) is 4.90 Å². The van der Waals surface area contributed by atoms with Gasteiger partial charge in [0.2, 0.25) is 0 Å². The molecule has 0 amide bonds. The Labute approximate surface area is 101 Å². The number of alkyl halides is 2. The van der Waals surface area contributed by atoms with Gasteiger partial charge in [0.05, 0.1) is 0 Å². The fourth-order valence-corrected chi connectivity index (χ4v) is 2.97. The van der Waals surface area contributed by atoms with Crippen molar-refractivity contribution in [1.29, 1.82) is 0 Å². The van der Waals surface area contributed by atoms with Crippen molar-refractivity contribution in [2.75, 3.05) is 35.2 Å². The lowest BCUT2D eigenvalue weighted by molar-refractivity contribution is 0.152. The van der Waals surface area contributed by atoms with Gasteiger partial charge in [-0.2, -0.15) is 0 Å². The molecule has 0 bridgehead atoms. The highest BCUT2D eigenvalue weighted by Crippen LogP contribution is 2.32. The topological polar surface area (TPSA) is 46.3 Å². The quantitative estimate of drug-likeness (QED) is 0.824. The Kier molecular flexibility index (Phi) is 3.61. The first-order chi connectivity index (χ1) is 8.08. The number of rotatable bonds is 2. The maximum Gasteiger partial charge on any atom is 0.265 e. The van der Waals surface area contributed by atoms with Crippen molar-refractivity contribution in [3.8, 4) is 0 Å². The molecule has 0 radical (unpaired) electrons. The van der Waals surface area contributed by atoms with E-state index in [4.69, 9.17) is 5.73 Å². The summed E-state index contributed by atoms with van der Waals surface area (Å²) in [4.78, 5) is 1.85. The zero-order chi connectivity index (χ0) is 12.4. The van der Waals surface area contributed by atoms with E-state index in [-0.39, 0.29) is 5.56 Å². The van der Waals surface area contributed by atoms with Gasteiger partial charge in [-0.05, 0) is 18.2 Å². The molecular formula is C11H14F2N2OS. The van der Waals surface area contributed by atoms with E-state index < -0.39 is 17.2 Å². The molecule has 1 aromatic carbocycles. The lowest BCUT2D eigenvalue weighted by atomic mass is 10.1. The molecule has 2 N–H and O–H groups in total. The number of nitrogens with two attached hydrogens (primary N) is 1. The summed E-state index contributed by atoms with van der Waals surface area (Å²) >= 11 is 0. The number of nitrogen functional groups attached to an aromatic ring is 1. The molecule has 0 spiro atoms. The second-order valence-corrected chi connectivity index (χ2v) is 5.65. The molecule has 1 aromatic rings. The van der Waals surface area contributed by atoms with Crippen molar-refractivity contribution in [2.45, 2.75) is 6.43 Å². The Hall–Kier alpha value is -1.17. The van der Waals surface area contributed by atoms with Gasteiger partial charge >= 0.3 is 0 Å². The predicted octanol–water partition coefficient (Wildman–Crippen LogP) is 1.78. The Morgan fingerprint density at radius 3 is 2.53 bits per heavy atom. The van der Waals surface area contributed by atoms with Gasteiger partial charge in [-0.15, -0.1) is 0 Å². The second kappa shape index (κ2) is 5.00. The minimum atomic E-state index is -2.54. The maximum atomic E-state index is 12.9. The van der Waals surface area contributed by atoms with Crippen LogP contribution in [0.15, 0.2) is 18.2 Å². The van der Waals surface area contributed by atoms with Gasteiger partial charge in [0.1, 0.15) is 0 Å². The van der Waals surface area contributed by atoms with Crippen LogP contribution in [0.4, 0.5) is 20.2 Å². The number of hydrogen-bond donors (Lipinski definition) is 1. The third-order valence-electron chi connectivity index (χ3n) is 2.81. The number of hydrogen-bond acceptors (Lipinski definition) is 3. The molecule has 3 nitrogen and oxygen atoms in total. The van der Waals surface area contributed by atoms with Crippen LogP contribution in [0.1, 0.15) is 12.0 Å². The van der Waals surface area contributed by atoms with E-state index >= 15 is 0 Å². The van der Waals surface area contributed by atoms with Gasteiger partial charge in [-0.3, -0.25) is 4.21 Å². The zero-order valence-corrected chi connectivity index (χ0v) is 10.1. The number of halogens is 2. The summed E-state index contributed by atoms with van der Waals surface area (Å²) in [6.07, 6.45) is -2.54. The van der Waals surface area contributed by atoms with Crippen LogP contribution in [-0.2, 0) is 10.8 Å². The van der Waals surface area contributed by atoms with E-state index in [2.05, 4.69) is 0 Å². The van der Waals surface area contributed by atoms with Gasteiger partial charge in [0.25, 0.3) is 6.43 Å². The lowest BCUT2D eigenvalue weighted by Gasteiger charge is -2.30. The van der Waals surface area contributed by atoms with Crippen LogP contribution in [0.2, 0.25) is 0 Å². The van der Waals surface area contributed by atoms with Gasteiger partial charge in [0.15, 0.2) is 0 Å². The molecular weight excluding hydrogens is 246 g/mol. The molecule has 0 saturated carbocycles. The Balaban J connectivity index is 2.28. The normalized spacial score (nSPS) is 17.7. The summed E-state index contributed by atoms with van der Waals surface area (Å²) in [5, 5.41) is 0. The summed E-state index contributed by atoms with van der Waals surface area (Å²) in [6.45, 7) is 1.10. The third kappa shape index (κ3) is 2.74. The van der Waals surface area contributed by atoms with E-state index in [9.17, 15) is 13.0 Å². The standard InChI is InChI=1S/C11H14F2N2OS/c12-11(13)9-7-8(14)1-2-10(9)15-3-5-17(16)6-4-15/h1-2,7,11H,3-6,14H2. The molecule has 0 atom stereocenters. The molecule has 6 heteroatoms. The second-order valence-electron chi connectivity index (χ2n) is 3.95. The monoisotopic (exact) mass is 260 g/mol. The van der Waals surface area contributed by atoms with Crippen LogP contribution in [0.5, 0.6) is 0 Å². The van der Waals surface area contributed by atoms with Gasteiger partial charge < -0.3 is 10.6 Å². The maximum absolute atomic E-state index is 12.9. The van der Waals surface area contributed by atoms with Gasteiger partial charge in [-0.1, -0.05) is 0 Å². The van der Waals surface area contributed by atoms with E-state index in [0.29, 0.717) is 36.0 Å². The number of nitrogens with zero attached hydrogens (tertiary/aromatic N) is 1.